The Kier molecular flexibility index (Phi) is 3.53. The van der Waals surface area contributed by atoms with Crippen LogP contribution in [0.1, 0.15) is 17.5 Å². The van der Waals surface area contributed by atoms with Gasteiger partial charge in [0.15, 0.2) is 0 Å². The quantitative estimate of drug-likeness (QED) is 0.851. The maximum Gasteiger partial charge on any atom is 0.224 e. The smallest absolute Gasteiger partial charge is 0.224 e. The van der Waals surface area contributed by atoms with Crippen molar-refractivity contribution in [1.82, 2.24) is 4.98 Å². The number of aryl methyl sites for hydroxylation is 1. The van der Waals surface area contributed by atoms with Gasteiger partial charge in [-0.1, -0.05) is 12.2 Å². The number of nitrogens with zero attached hydrogens (tertiary/aromatic N) is 1. The van der Waals surface area contributed by atoms with Crippen LogP contribution in [0.4, 0.5) is 5.69 Å². The predicted octanol–water partition coefficient (Wildman–Crippen LogP) is 2.39. The summed E-state index contributed by atoms with van der Waals surface area (Å²) in [4.78, 5) is 15.8. The number of nitrogens with two attached hydrogens (primary N) is 1. The van der Waals surface area contributed by atoms with Crippen LogP contribution < -0.4 is 15.8 Å². The molecule has 1 aromatic carbocycles. The minimum atomic E-state index is 0.0474. The van der Waals surface area contributed by atoms with Crippen LogP contribution >= 0.6 is 12.2 Å². The summed E-state index contributed by atoms with van der Waals surface area (Å²) in [6, 6.07) is 9.04. The Morgan fingerprint density at radius 3 is 2.86 bits per heavy atom. The van der Waals surface area contributed by atoms with Crippen molar-refractivity contribution in [2.45, 2.75) is 12.8 Å². The molecule has 0 fully saturated rings. The van der Waals surface area contributed by atoms with E-state index in [2.05, 4.69) is 10.3 Å². The van der Waals surface area contributed by atoms with E-state index in [4.69, 9.17) is 22.7 Å². The SMILES string of the molecule is NC(=S)c1ccc(Oc2ccc3c(c2)CCC(=O)N3)nc1. The monoisotopic (exact) mass is 299 g/mol. The average molecular weight is 299 g/mol. The lowest BCUT2D eigenvalue weighted by Gasteiger charge is -2.17. The largest absolute Gasteiger partial charge is 0.439 e. The van der Waals surface area contributed by atoms with E-state index in [9.17, 15) is 4.79 Å². The van der Waals surface area contributed by atoms with Gasteiger partial charge in [-0.15, -0.1) is 0 Å². The van der Waals surface area contributed by atoms with Gasteiger partial charge < -0.3 is 15.8 Å². The van der Waals surface area contributed by atoms with Crippen molar-refractivity contribution in [3.8, 4) is 11.6 Å². The first kappa shape index (κ1) is 13.5. The zero-order valence-electron chi connectivity index (χ0n) is 11.1. The van der Waals surface area contributed by atoms with Gasteiger partial charge in [0.05, 0.1) is 0 Å². The van der Waals surface area contributed by atoms with Crippen molar-refractivity contribution >= 4 is 28.8 Å². The molecule has 0 radical (unpaired) electrons. The van der Waals surface area contributed by atoms with Crippen LogP contribution in [0.2, 0.25) is 0 Å². The molecule has 2 aromatic rings. The lowest BCUT2D eigenvalue weighted by molar-refractivity contribution is -0.116. The molecule has 0 unspecified atom stereocenters. The van der Waals surface area contributed by atoms with Gasteiger partial charge in [0.1, 0.15) is 10.7 Å². The predicted molar refractivity (Wildman–Crippen MR) is 83.6 cm³/mol. The summed E-state index contributed by atoms with van der Waals surface area (Å²) in [5.74, 6) is 1.20. The third-order valence-corrected chi connectivity index (χ3v) is 3.45. The molecular weight excluding hydrogens is 286 g/mol. The fourth-order valence-corrected chi connectivity index (χ4v) is 2.25. The van der Waals surface area contributed by atoms with Crippen LogP contribution in [0, 0.1) is 0 Å². The Labute approximate surface area is 127 Å². The number of nitrogens with one attached hydrogen (secondary N) is 1. The van der Waals surface area contributed by atoms with Gasteiger partial charge in [-0.2, -0.15) is 0 Å². The first-order valence-corrected chi connectivity index (χ1v) is 6.89. The Balaban J connectivity index is 1.79. The lowest BCUT2D eigenvalue weighted by atomic mass is 10.0. The highest BCUT2D eigenvalue weighted by Crippen LogP contribution is 2.28. The summed E-state index contributed by atoms with van der Waals surface area (Å²) in [5.41, 5.74) is 8.12. The number of amides is 1. The number of hydrogen-bond donors (Lipinski definition) is 2. The molecule has 6 heteroatoms. The maximum atomic E-state index is 11.3. The minimum Gasteiger partial charge on any atom is -0.439 e. The van der Waals surface area contributed by atoms with Gasteiger partial charge in [-0.05, 0) is 36.2 Å². The molecule has 5 nitrogen and oxygen atoms in total. The van der Waals surface area contributed by atoms with Crippen molar-refractivity contribution in [2.75, 3.05) is 5.32 Å². The molecule has 1 aliphatic heterocycles. The fourth-order valence-electron chi connectivity index (χ4n) is 2.13. The molecule has 0 saturated carbocycles. The highest BCUT2D eigenvalue weighted by molar-refractivity contribution is 7.80. The van der Waals surface area contributed by atoms with Crippen LogP contribution in [-0.4, -0.2) is 15.9 Å². The van der Waals surface area contributed by atoms with Gasteiger partial charge >= 0.3 is 0 Å². The van der Waals surface area contributed by atoms with Crippen LogP contribution in [-0.2, 0) is 11.2 Å². The number of carbonyl (C=O) groups excluding carboxylic acids is 1. The zero-order chi connectivity index (χ0) is 14.8. The van der Waals surface area contributed by atoms with E-state index in [0.29, 0.717) is 35.0 Å². The molecule has 0 spiro atoms. The van der Waals surface area contributed by atoms with Crippen LogP contribution in [0.3, 0.4) is 0 Å². The summed E-state index contributed by atoms with van der Waals surface area (Å²) in [6.45, 7) is 0. The second kappa shape index (κ2) is 5.49. The van der Waals surface area contributed by atoms with Crippen molar-refractivity contribution in [1.29, 1.82) is 0 Å². The van der Waals surface area contributed by atoms with Gasteiger partial charge in [0.25, 0.3) is 0 Å². The maximum absolute atomic E-state index is 11.3. The summed E-state index contributed by atoms with van der Waals surface area (Å²) in [5, 5.41) is 2.83. The highest BCUT2D eigenvalue weighted by atomic mass is 32.1. The number of anilines is 1. The summed E-state index contributed by atoms with van der Waals surface area (Å²) in [7, 11) is 0. The molecule has 106 valence electrons. The molecule has 0 atom stereocenters. The normalized spacial score (nSPS) is 13.2. The zero-order valence-corrected chi connectivity index (χ0v) is 11.9. The number of aromatic nitrogens is 1. The molecule has 3 N–H and O–H groups in total. The Morgan fingerprint density at radius 2 is 2.14 bits per heavy atom. The second-order valence-corrected chi connectivity index (χ2v) is 5.16. The van der Waals surface area contributed by atoms with E-state index >= 15 is 0 Å². The van der Waals surface area contributed by atoms with Gasteiger partial charge in [0.2, 0.25) is 11.8 Å². The number of pyridine rings is 1. The number of fused-ring (bicyclic) bond motifs is 1. The molecule has 0 saturated heterocycles. The second-order valence-electron chi connectivity index (χ2n) is 4.72. The van der Waals surface area contributed by atoms with Gasteiger partial charge in [-0.25, -0.2) is 4.98 Å². The van der Waals surface area contributed by atoms with Crippen LogP contribution in [0.5, 0.6) is 11.6 Å². The Morgan fingerprint density at radius 1 is 1.29 bits per heavy atom. The number of thiocarbonyl (C=S) groups is 1. The molecule has 0 aliphatic carbocycles. The summed E-state index contributed by atoms with van der Waals surface area (Å²) in [6.07, 6.45) is 2.79. The van der Waals surface area contributed by atoms with E-state index in [0.717, 1.165) is 11.3 Å². The van der Waals surface area contributed by atoms with Crippen LogP contribution in [0.15, 0.2) is 36.5 Å². The molecular formula is C15H13N3O2S. The molecule has 1 aromatic heterocycles. The first-order chi connectivity index (χ1) is 10.1. The minimum absolute atomic E-state index is 0.0474. The standard InChI is InChI=1S/C15H13N3O2S/c16-15(21)10-2-6-14(17-8-10)20-11-3-4-12-9(7-11)1-5-13(19)18-12/h2-4,6-8H,1,5H2,(H2,16,21)(H,18,19). The highest BCUT2D eigenvalue weighted by Gasteiger charge is 2.15. The van der Waals surface area contributed by atoms with Crippen molar-refractivity contribution in [3.05, 3.63) is 47.7 Å². The first-order valence-electron chi connectivity index (χ1n) is 6.48. The van der Waals surface area contributed by atoms with Gasteiger partial charge in [-0.3, -0.25) is 4.79 Å². The van der Waals surface area contributed by atoms with Gasteiger partial charge in [0, 0.05) is 29.9 Å². The van der Waals surface area contributed by atoms with E-state index in [-0.39, 0.29) is 5.91 Å². The number of ether oxygens (including phenoxy) is 1. The summed E-state index contributed by atoms with van der Waals surface area (Å²) >= 11 is 4.87. The third kappa shape index (κ3) is 3.00. The topological polar surface area (TPSA) is 77.2 Å². The van der Waals surface area contributed by atoms with E-state index in [1.54, 1.807) is 24.4 Å². The number of carbonyl (C=O) groups is 1. The van der Waals surface area contributed by atoms with E-state index in [1.807, 2.05) is 12.1 Å². The molecule has 0 bridgehead atoms. The molecule has 21 heavy (non-hydrogen) atoms. The molecule has 2 heterocycles. The average Bonchev–Trinajstić information content (AvgIpc) is 2.48. The third-order valence-electron chi connectivity index (χ3n) is 3.22. The number of benzene rings is 1. The lowest BCUT2D eigenvalue weighted by Crippen LogP contribution is -2.18. The Bertz CT molecular complexity index is 713. The Hall–Kier alpha value is -2.47. The van der Waals surface area contributed by atoms with Crippen molar-refractivity contribution in [3.63, 3.8) is 0 Å². The molecule has 1 aliphatic rings. The molecule has 1 amide bonds. The summed E-state index contributed by atoms with van der Waals surface area (Å²) < 4.78 is 5.70. The van der Waals surface area contributed by atoms with E-state index in [1.165, 1.54) is 0 Å². The fraction of sp³-hybridized carbons (Fsp3) is 0.133. The molecule has 3 rings (SSSR count). The van der Waals surface area contributed by atoms with Crippen molar-refractivity contribution in [2.24, 2.45) is 5.73 Å². The van der Waals surface area contributed by atoms with E-state index < -0.39 is 0 Å². The van der Waals surface area contributed by atoms with Crippen molar-refractivity contribution < 1.29 is 9.53 Å². The number of rotatable bonds is 3. The number of hydrogen-bond acceptors (Lipinski definition) is 4. The van der Waals surface area contributed by atoms with Crippen LogP contribution in [0.25, 0.3) is 0 Å².